The van der Waals surface area contributed by atoms with Crippen LogP contribution < -0.4 is 0 Å². The molecule has 4 aromatic rings. The summed E-state index contributed by atoms with van der Waals surface area (Å²) in [6.07, 6.45) is 3.04. The van der Waals surface area contributed by atoms with Crippen molar-refractivity contribution < 1.29 is 0 Å². The van der Waals surface area contributed by atoms with Crippen molar-refractivity contribution in [1.29, 1.82) is 0 Å². The smallest absolute Gasteiger partial charge is 0.180 e. The van der Waals surface area contributed by atoms with Gasteiger partial charge in [0.1, 0.15) is 5.69 Å². The molecule has 0 aliphatic heterocycles. The molecule has 0 unspecified atom stereocenters. The summed E-state index contributed by atoms with van der Waals surface area (Å²) in [5, 5.41) is 22.6. The van der Waals surface area contributed by atoms with Crippen LogP contribution in [0.5, 0.6) is 0 Å². The lowest BCUT2D eigenvalue weighted by atomic mass is 10.1. The van der Waals surface area contributed by atoms with E-state index in [-0.39, 0.29) is 0 Å². The van der Waals surface area contributed by atoms with E-state index in [0.29, 0.717) is 17.0 Å². The van der Waals surface area contributed by atoms with E-state index in [1.165, 1.54) is 0 Å². The molecule has 8 nitrogen and oxygen atoms in total. The highest BCUT2D eigenvalue weighted by atomic mass is 35.5. The number of aromatic nitrogens is 8. The molecule has 1 saturated carbocycles. The Morgan fingerprint density at radius 2 is 1.85 bits per heavy atom. The Balaban J connectivity index is 1.51. The summed E-state index contributed by atoms with van der Waals surface area (Å²) in [6, 6.07) is 4.16. The summed E-state index contributed by atoms with van der Waals surface area (Å²) in [6.45, 7) is 3.92. The minimum absolute atomic E-state index is 0.369. The van der Waals surface area contributed by atoms with Crippen molar-refractivity contribution in [2.45, 2.75) is 32.1 Å². The van der Waals surface area contributed by atoms with Gasteiger partial charge in [0, 0.05) is 31.8 Å². The molecule has 0 spiro atoms. The molecule has 0 radical (unpaired) electrons. The first-order valence-corrected chi connectivity index (χ1v) is 9.23. The van der Waals surface area contributed by atoms with Crippen LogP contribution in [0.1, 0.15) is 40.9 Å². The lowest BCUT2D eigenvalue weighted by Crippen LogP contribution is -2.02. The first-order valence-electron chi connectivity index (χ1n) is 8.85. The Kier molecular flexibility index (Phi) is 3.42. The van der Waals surface area contributed by atoms with Crippen LogP contribution in [0.4, 0.5) is 0 Å². The summed E-state index contributed by atoms with van der Waals surface area (Å²) in [5.41, 5.74) is 5.83. The van der Waals surface area contributed by atoms with Crippen LogP contribution in [0, 0.1) is 13.8 Å². The average Bonchev–Trinajstić information content (AvgIpc) is 2.99. The fourth-order valence-electron chi connectivity index (χ4n) is 3.76. The molecule has 2 atom stereocenters. The number of rotatable bonds is 3. The fourth-order valence-corrected chi connectivity index (χ4v) is 4.07. The molecule has 0 N–H and O–H groups in total. The Morgan fingerprint density at radius 3 is 2.59 bits per heavy atom. The number of aryl methyl sites for hydroxylation is 4. The second kappa shape index (κ2) is 5.63. The molecule has 0 aromatic carbocycles. The Labute approximate surface area is 160 Å². The Morgan fingerprint density at radius 1 is 1.04 bits per heavy atom. The minimum atomic E-state index is 0.369. The molecule has 0 amide bonds. The van der Waals surface area contributed by atoms with E-state index in [0.717, 1.165) is 46.1 Å². The van der Waals surface area contributed by atoms with Gasteiger partial charge in [0.05, 0.1) is 11.4 Å². The van der Waals surface area contributed by atoms with Crippen LogP contribution in [-0.4, -0.2) is 39.4 Å². The van der Waals surface area contributed by atoms with E-state index in [4.69, 9.17) is 21.8 Å². The number of fused-ring (bicyclic) bond motifs is 1. The third-order valence-electron chi connectivity index (χ3n) is 5.25. The largest absolute Gasteiger partial charge is 0.274 e. The predicted octanol–water partition coefficient (Wildman–Crippen LogP) is 2.80. The zero-order chi connectivity index (χ0) is 18.9. The minimum Gasteiger partial charge on any atom is -0.274 e. The molecule has 138 valence electrons. The van der Waals surface area contributed by atoms with Crippen molar-refractivity contribution in [3.05, 3.63) is 46.1 Å². The maximum Gasteiger partial charge on any atom is 0.180 e. The van der Waals surface area contributed by atoms with Crippen LogP contribution in [0.25, 0.3) is 17.0 Å². The van der Waals surface area contributed by atoms with E-state index in [9.17, 15) is 0 Å². The Hall–Kier alpha value is -2.74. The maximum absolute atomic E-state index is 6.26. The second-order valence-corrected chi connectivity index (χ2v) is 7.63. The van der Waals surface area contributed by atoms with Crippen molar-refractivity contribution in [3.8, 4) is 11.4 Å². The van der Waals surface area contributed by atoms with E-state index in [1.807, 2.05) is 44.9 Å². The summed E-state index contributed by atoms with van der Waals surface area (Å²) in [5.74, 6) is 1.52. The van der Waals surface area contributed by atoms with Crippen molar-refractivity contribution >= 4 is 17.2 Å². The maximum atomic E-state index is 6.26. The number of nitrogens with zero attached hydrogens (tertiary/aromatic N) is 8. The lowest BCUT2D eigenvalue weighted by Gasteiger charge is -2.04. The van der Waals surface area contributed by atoms with Gasteiger partial charge in [-0.25, -0.2) is 0 Å². The van der Waals surface area contributed by atoms with E-state index in [1.54, 1.807) is 9.20 Å². The van der Waals surface area contributed by atoms with Gasteiger partial charge in [-0.1, -0.05) is 11.6 Å². The van der Waals surface area contributed by atoms with Gasteiger partial charge in [-0.15, -0.1) is 10.2 Å². The molecular weight excluding hydrogens is 364 g/mol. The monoisotopic (exact) mass is 382 g/mol. The van der Waals surface area contributed by atoms with Gasteiger partial charge in [0.15, 0.2) is 16.6 Å². The number of hydrogen-bond donors (Lipinski definition) is 0. The molecule has 1 fully saturated rings. The highest BCUT2D eigenvalue weighted by Crippen LogP contribution is 2.55. The SMILES string of the molecule is Cc1cc(-c2cc([C@@H]3C[C@H]3c3cn(C)nc3Cl)nn2C)nn2c(C)nnc12. The second-order valence-electron chi connectivity index (χ2n) is 7.27. The van der Waals surface area contributed by atoms with E-state index in [2.05, 4.69) is 21.4 Å². The standard InChI is InChI=1S/C18H19ClN8/c1-9-5-15(23-27-10(2)20-21-18(9)27)16-7-14(22-26(16)4)12-6-11(12)13-8-25(3)24-17(13)19/h5,7-8,11-12H,6H2,1-4H3/t11-,12-/m1/s1. The van der Waals surface area contributed by atoms with Gasteiger partial charge in [-0.05, 0) is 43.9 Å². The Bertz CT molecular complexity index is 1180. The molecule has 27 heavy (non-hydrogen) atoms. The van der Waals surface area contributed by atoms with Gasteiger partial charge >= 0.3 is 0 Å². The summed E-state index contributed by atoms with van der Waals surface area (Å²) < 4.78 is 5.44. The predicted molar refractivity (Wildman–Crippen MR) is 101 cm³/mol. The summed E-state index contributed by atoms with van der Waals surface area (Å²) >= 11 is 6.26. The molecule has 0 bridgehead atoms. The van der Waals surface area contributed by atoms with Crippen LogP contribution in [0.15, 0.2) is 18.3 Å². The molecule has 1 aliphatic carbocycles. The average molecular weight is 383 g/mol. The topological polar surface area (TPSA) is 78.7 Å². The quantitative estimate of drug-likeness (QED) is 0.544. The number of hydrogen-bond acceptors (Lipinski definition) is 5. The molecule has 9 heteroatoms. The first-order chi connectivity index (χ1) is 12.9. The lowest BCUT2D eigenvalue weighted by molar-refractivity contribution is 0.741. The van der Waals surface area contributed by atoms with Gasteiger partial charge in [0.2, 0.25) is 0 Å². The van der Waals surface area contributed by atoms with Crippen LogP contribution >= 0.6 is 11.6 Å². The molecule has 5 rings (SSSR count). The van der Waals surface area contributed by atoms with Crippen LogP contribution in [0.2, 0.25) is 5.15 Å². The van der Waals surface area contributed by atoms with E-state index < -0.39 is 0 Å². The molecule has 1 aliphatic rings. The normalized spacial score (nSPS) is 19.1. The van der Waals surface area contributed by atoms with Crippen molar-refractivity contribution in [2.24, 2.45) is 14.1 Å². The zero-order valence-corrected chi connectivity index (χ0v) is 16.3. The third kappa shape index (κ3) is 2.55. The highest BCUT2D eigenvalue weighted by Gasteiger charge is 2.43. The third-order valence-corrected chi connectivity index (χ3v) is 5.54. The van der Waals surface area contributed by atoms with Gasteiger partial charge in [-0.2, -0.15) is 19.8 Å². The summed E-state index contributed by atoms with van der Waals surface area (Å²) in [7, 11) is 3.84. The van der Waals surface area contributed by atoms with Crippen molar-refractivity contribution in [3.63, 3.8) is 0 Å². The first kappa shape index (κ1) is 16.4. The van der Waals surface area contributed by atoms with Gasteiger partial charge in [-0.3, -0.25) is 9.36 Å². The van der Waals surface area contributed by atoms with E-state index >= 15 is 0 Å². The highest BCUT2D eigenvalue weighted by molar-refractivity contribution is 6.30. The molecule has 4 heterocycles. The zero-order valence-electron chi connectivity index (χ0n) is 15.5. The van der Waals surface area contributed by atoms with Crippen LogP contribution in [0.3, 0.4) is 0 Å². The van der Waals surface area contributed by atoms with Crippen LogP contribution in [-0.2, 0) is 14.1 Å². The van der Waals surface area contributed by atoms with Gasteiger partial charge < -0.3 is 0 Å². The number of halogens is 1. The fraction of sp³-hybridized carbons (Fsp3) is 0.389. The molecule has 4 aromatic heterocycles. The molecule has 0 saturated heterocycles. The van der Waals surface area contributed by atoms with Crippen molar-refractivity contribution in [1.82, 2.24) is 39.4 Å². The molecular formula is C18H19ClN8. The van der Waals surface area contributed by atoms with Crippen molar-refractivity contribution in [2.75, 3.05) is 0 Å². The summed E-state index contributed by atoms with van der Waals surface area (Å²) in [4.78, 5) is 0. The van der Waals surface area contributed by atoms with Gasteiger partial charge in [0.25, 0.3) is 0 Å².